The Hall–Kier alpha value is -1.81. The van der Waals surface area contributed by atoms with Crippen LogP contribution < -0.4 is 0 Å². The second kappa shape index (κ2) is 6.09. The van der Waals surface area contributed by atoms with Crippen molar-refractivity contribution in [1.82, 2.24) is 9.88 Å². The fourth-order valence-corrected chi connectivity index (χ4v) is 7.45. The number of carbonyl (C=O) groups excluding carboxylic acids is 1. The molecule has 0 radical (unpaired) electrons. The third kappa shape index (κ3) is 2.36. The van der Waals surface area contributed by atoms with Gasteiger partial charge in [-0.1, -0.05) is 19.9 Å². The molecule has 0 saturated heterocycles. The summed E-state index contributed by atoms with van der Waals surface area (Å²) in [7, 11) is 1.96. The van der Waals surface area contributed by atoms with Gasteiger partial charge in [-0.05, 0) is 85.1 Å². The Morgan fingerprint density at radius 3 is 2.82 bits per heavy atom. The van der Waals surface area contributed by atoms with Gasteiger partial charge in [0, 0.05) is 24.4 Å². The molecule has 0 spiro atoms. The van der Waals surface area contributed by atoms with Crippen LogP contribution in [0.1, 0.15) is 51.6 Å². The van der Waals surface area contributed by atoms with Crippen LogP contribution in [0.3, 0.4) is 0 Å². The molecule has 7 atom stereocenters. The van der Waals surface area contributed by atoms with Crippen LogP contribution in [-0.4, -0.2) is 40.1 Å². The van der Waals surface area contributed by atoms with E-state index in [-0.39, 0.29) is 28.9 Å². The van der Waals surface area contributed by atoms with E-state index in [2.05, 4.69) is 37.0 Å². The Balaban J connectivity index is 1.62. The molecule has 1 aromatic heterocycles. The van der Waals surface area contributed by atoms with E-state index < -0.39 is 0 Å². The fraction of sp³-hybridized carbons (Fsp3) is 0.625. The lowest BCUT2D eigenvalue weighted by Gasteiger charge is -2.60. The van der Waals surface area contributed by atoms with E-state index in [0.717, 1.165) is 37.8 Å². The number of carbonyl (C=O) groups is 1. The summed E-state index contributed by atoms with van der Waals surface area (Å²) >= 11 is 0. The molecule has 28 heavy (non-hydrogen) atoms. The summed E-state index contributed by atoms with van der Waals surface area (Å²) in [6, 6.07) is 4.24. The molecule has 5 rings (SSSR count). The minimum Gasteiger partial charge on any atom is -0.393 e. The topological polar surface area (TPSA) is 56.3 Å². The summed E-state index contributed by atoms with van der Waals surface area (Å²) in [4.78, 5) is 17.8. The molecule has 0 aromatic carbocycles. The number of aromatic amines is 1. The van der Waals surface area contributed by atoms with E-state index in [1.165, 1.54) is 5.57 Å². The quantitative estimate of drug-likeness (QED) is 0.773. The van der Waals surface area contributed by atoms with Gasteiger partial charge in [-0.25, -0.2) is 0 Å². The number of nitrogens with one attached hydrogen (secondary N) is 1. The molecule has 4 aliphatic rings. The summed E-state index contributed by atoms with van der Waals surface area (Å²) in [6.45, 7) is 4.69. The third-order valence-electron chi connectivity index (χ3n) is 8.88. The highest BCUT2D eigenvalue weighted by atomic mass is 16.3. The van der Waals surface area contributed by atoms with Gasteiger partial charge in [0.25, 0.3) is 0 Å². The first-order valence-electron chi connectivity index (χ1n) is 10.8. The molecule has 150 valence electrons. The van der Waals surface area contributed by atoms with Gasteiger partial charge in [-0.3, -0.25) is 4.79 Å². The standard InChI is InChI=1S/C24H32N2O2/c1-23-10-8-19-17(18(23)6-7-20(23)27)14-15(13-16-5-4-12-25-16)22-24(19,2)11-9-21(28)26(22)3/h4-5,9,11-13,17-20,22,25,27H,6-8,10,14H2,1-3H3/b15-13+/t17-,18-,19-,20-,22+,23-,24+/m0/s1. The highest BCUT2D eigenvalue weighted by Crippen LogP contribution is 2.64. The molecule has 1 amide bonds. The number of amides is 1. The molecule has 1 aliphatic heterocycles. The molecular formula is C24H32N2O2. The highest BCUT2D eigenvalue weighted by Gasteiger charge is 2.61. The predicted octanol–water partition coefficient (Wildman–Crippen LogP) is 4.01. The summed E-state index contributed by atoms with van der Waals surface area (Å²) < 4.78 is 0. The molecule has 2 heterocycles. The molecule has 3 saturated carbocycles. The van der Waals surface area contributed by atoms with Crippen LogP contribution >= 0.6 is 0 Å². The van der Waals surface area contributed by atoms with Gasteiger partial charge in [0.05, 0.1) is 12.1 Å². The maximum atomic E-state index is 12.5. The largest absolute Gasteiger partial charge is 0.393 e. The monoisotopic (exact) mass is 380 g/mol. The Morgan fingerprint density at radius 1 is 1.25 bits per heavy atom. The molecule has 2 N–H and O–H groups in total. The van der Waals surface area contributed by atoms with Crippen LogP contribution in [0.4, 0.5) is 0 Å². The normalized spacial score (nSPS) is 46.4. The summed E-state index contributed by atoms with van der Waals surface area (Å²) in [5.41, 5.74) is 2.48. The minimum absolute atomic E-state index is 0.0428. The van der Waals surface area contributed by atoms with E-state index in [9.17, 15) is 9.90 Å². The molecular weight excluding hydrogens is 348 g/mol. The van der Waals surface area contributed by atoms with Crippen molar-refractivity contribution in [3.05, 3.63) is 41.7 Å². The Morgan fingerprint density at radius 2 is 2.07 bits per heavy atom. The number of rotatable bonds is 1. The van der Waals surface area contributed by atoms with Crippen molar-refractivity contribution >= 4 is 12.0 Å². The van der Waals surface area contributed by atoms with Gasteiger partial charge in [-0.15, -0.1) is 0 Å². The fourth-order valence-electron chi connectivity index (χ4n) is 7.45. The lowest BCUT2D eigenvalue weighted by molar-refractivity contribution is -0.135. The lowest BCUT2D eigenvalue weighted by atomic mass is 9.47. The Bertz CT molecular complexity index is 841. The van der Waals surface area contributed by atoms with Crippen LogP contribution in [-0.2, 0) is 4.79 Å². The van der Waals surface area contributed by atoms with E-state index in [0.29, 0.717) is 17.8 Å². The number of nitrogens with zero attached hydrogens (tertiary/aromatic N) is 1. The third-order valence-corrected chi connectivity index (χ3v) is 8.88. The summed E-state index contributed by atoms with van der Waals surface area (Å²) in [6.07, 6.45) is 13.4. The van der Waals surface area contributed by atoms with Gasteiger partial charge in [0.1, 0.15) is 0 Å². The van der Waals surface area contributed by atoms with Gasteiger partial charge in [0.15, 0.2) is 0 Å². The Labute approximate surface area is 167 Å². The molecule has 0 unspecified atom stereocenters. The summed E-state index contributed by atoms with van der Waals surface area (Å²) in [5.74, 6) is 1.82. The number of fused-ring (bicyclic) bond motifs is 5. The summed E-state index contributed by atoms with van der Waals surface area (Å²) in [5, 5.41) is 10.7. The number of aromatic nitrogens is 1. The van der Waals surface area contributed by atoms with Crippen molar-refractivity contribution in [3.8, 4) is 0 Å². The average molecular weight is 381 g/mol. The van der Waals surface area contributed by atoms with Gasteiger partial charge in [0.2, 0.25) is 5.91 Å². The number of likely N-dealkylation sites (N-methyl/N-ethyl adjacent to an activating group) is 1. The average Bonchev–Trinajstić information content (AvgIpc) is 3.27. The van der Waals surface area contributed by atoms with Crippen LogP contribution in [0.25, 0.3) is 6.08 Å². The second-order valence-electron chi connectivity index (χ2n) is 10.1. The maximum Gasteiger partial charge on any atom is 0.246 e. The molecule has 1 aromatic rings. The number of hydrogen-bond donors (Lipinski definition) is 2. The predicted molar refractivity (Wildman–Crippen MR) is 110 cm³/mol. The first-order chi connectivity index (χ1) is 13.3. The zero-order chi connectivity index (χ0) is 19.7. The maximum absolute atomic E-state index is 12.5. The number of hydrogen-bond acceptors (Lipinski definition) is 2. The number of aliphatic hydroxyl groups excluding tert-OH is 1. The van der Waals surface area contributed by atoms with E-state index in [1.807, 2.05) is 24.2 Å². The molecule has 3 aliphatic carbocycles. The lowest BCUT2D eigenvalue weighted by Crippen LogP contribution is -2.60. The van der Waals surface area contributed by atoms with Gasteiger partial charge in [-0.2, -0.15) is 0 Å². The van der Waals surface area contributed by atoms with E-state index in [1.54, 1.807) is 6.08 Å². The smallest absolute Gasteiger partial charge is 0.246 e. The zero-order valence-corrected chi connectivity index (χ0v) is 17.2. The van der Waals surface area contributed by atoms with Crippen LogP contribution in [0.5, 0.6) is 0 Å². The highest BCUT2D eigenvalue weighted by molar-refractivity contribution is 5.89. The first kappa shape index (κ1) is 18.2. The first-order valence-corrected chi connectivity index (χ1v) is 10.8. The van der Waals surface area contributed by atoms with Crippen molar-refractivity contribution in [2.75, 3.05) is 7.05 Å². The molecule has 3 fully saturated rings. The SMILES string of the molecule is CN1C(=O)C=C[C@]2(C)[C@H]3CC[C@]4(C)[C@@H](O)CC[C@H]4[C@@H]3C/C(=C\c3ccc[nH]3)[C@@H]12. The molecule has 4 nitrogen and oxygen atoms in total. The Kier molecular flexibility index (Phi) is 3.97. The number of H-pyrrole nitrogens is 1. The van der Waals surface area contributed by atoms with Crippen molar-refractivity contribution < 1.29 is 9.90 Å². The van der Waals surface area contributed by atoms with Crippen molar-refractivity contribution in [2.24, 2.45) is 28.6 Å². The van der Waals surface area contributed by atoms with E-state index >= 15 is 0 Å². The van der Waals surface area contributed by atoms with E-state index in [4.69, 9.17) is 0 Å². The molecule has 4 heteroatoms. The van der Waals surface area contributed by atoms with Gasteiger partial charge < -0.3 is 15.0 Å². The van der Waals surface area contributed by atoms with Crippen LogP contribution in [0.2, 0.25) is 0 Å². The van der Waals surface area contributed by atoms with Gasteiger partial charge >= 0.3 is 0 Å². The minimum atomic E-state index is -0.161. The van der Waals surface area contributed by atoms with Crippen LogP contribution in [0, 0.1) is 28.6 Å². The number of aliphatic hydroxyl groups is 1. The van der Waals surface area contributed by atoms with Crippen LogP contribution in [0.15, 0.2) is 36.1 Å². The zero-order valence-electron chi connectivity index (χ0n) is 17.2. The van der Waals surface area contributed by atoms with Crippen molar-refractivity contribution in [2.45, 2.75) is 58.1 Å². The molecule has 0 bridgehead atoms. The van der Waals surface area contributed by atoms with Crippen molar-refractivity contribution in [1.29, 1.82) is 0 Å². The van der Waals surface area contributed by atoms with Crippen molar-refractivity contribution in [3.63, 3.8) is 0 Å². The second-order valence-corrected chi connectivity index (χ2v) is 10.1.